The van der Waals surface area contributed by atoms with Gasteiger partial charge >= 0.3 is 0 Å². The van der Waals surface area contributed by atoms with E-state index >= 15 is 0 Å². The summed E-state index contributed by atoms with van der Waals surface area (Å²) >= 11 is 0. The van der Waals surface area contributed by atoms with E-state index in [4.69, 9.17) is 9.47 Å². The van der Waals surface area contributed by atoms with Crippen LogP contribution in [0.25, 0.3) is 6.08 Å². The predicted octanol–water partition coefficient (Wildman–Crippen LogP) is 2.56. The van der Waals surface area contributed by atoms with Gasteiger partial charge < -0.3 is 20.1 Å². The molecule has 0 aliphatic carbocycles. The number of amides is 1. The summed E-state index contributed by atoms with van der Waals surface area (Å²) in [5.41, 5.74) is 2.28. The van der Waals surface area contributed by atoms with Gasteiger partial charge in [-0.05, 0) is 37.6 Å². The summed E-state index contributed by atoms with van der Waals surface area (Å²) in [5, 5.41) is 6.12. The first-order valence-corrected chi connectivity index (χ1v) is 7.81. The van der Waals surface area contributed by atoms with Crippen LogP contribution >= 0.6 is 12.4 Å². The van der Waals surface area contributed by atoms with Gasteiger partial charge in [0.15, 0.2) is 18.1 Å². The fraction of sp³-hybridized carbons (Fsp3) is 0.389. The third-order valence-electron chi connectivity index (χ3n) is 3.58. The topological polar surface area (TPSA) is 59.6 Å². The van der Waals surface area contributed by atoms with E-state index in [-0.39, 0.29) is 24.9 Å². The Morgan fingerprint density at radius 3 is 2.88 bits per heavy atom. The summed E-state index contributed by atoms with van der Waals surface area (Å²) < 4.78 is 10.9. The van der Waals surface area contributed by atoms with Crippen molar-refractivity contribution in [1.82, 2.24) is 10.6 Å². The van der Waals surface area contributed by atoms with Crippen LogP contribution in [0, 0.1) is 0 Å². The molecule has 1 aliphatic heterocycles. The number of benzene rings is 1. The van der Waals surface area contributed by atoms with Gasteiger partial charge in [-0.2, -0.15) is 0 Å². The van der Waals surface area contributed by atoms with E-state index in [0.717, 1.165) is 25.1 Å². The molecule has 0 saturated carbocycles. The molecule has 0 aromatic heterocycles. The first-order chi connectivity index (χ1) is 11.2. The first-order valence-electron chi connectivity index (χ1n) is 7.81. The summed E-state index contributed by atoms with van der Waals surface area (Å²) in [6, 6.07) is 5.62. The number of carbonyl (C=O) groups is 1. The highest BCUT2D eigenvalue weighted by Gasteiger charge is 2.09. The zero-order valence-corrected chi connectivity index (χ0v) is 14.9. The minimum absolute atomic E-state index is 0. The Morgan fingerprint density at radius 2 is 2.21 bits per heavy atom. The molecule has 0 atom stereocenters. The highest BCUT2D eigenvalue weighted by molar-refractivity contribution is 5.85. The van der Waals surface area contributed by atoms with Crippen LogP contribution < -0.4 is 20.1 Å². The number of halogens is 1. The molecule has 5 nitrogen and oxygen atoms in total. The number of carbonyl (C=O) groups excluding carboxylic acids is 1. The average Bonchev–Trinajstić information content (AvgIpc) is 2.59. The van der Waals surface area contributed by atoms with Gasteiger partial charge in [0.2, 0.25) is 0 Å². The molecule has 1 aromatic carbocycles. The lowest BCUT2D eigenvalue weighted by molar-refractivity contribution is -0.122. The molecule has 132 valence electrons. The lowest BCUT2D eigenvalue weighted by Gasteiger charge is -2.15. The van der Waals surface area contributed by atoms with Gasteiger partial charge in [-0.15, -0.1) is 12.4 Å². The zero-order valence-electron chi connectivity index (χ0n) is 14.1. The fourth-order valence-electron chi connectivity index (χ4n) is 2.34. The zero-order chi connectivity index (χ0) is 16.5. The number of rotatable bonds is 7. The summed E-state index contributed by atoms with van der Waals surface area (Å²) in [5.74, 6) is 1.05. The average molecular weight is 353 g/mol. The smallest absolute Gasteiger partial charge is 0.258 e. The van der Waals surface area contributed by atoms with Crippen LogP contribution in [-0.4, -0.2) is 39.3 Å². The highest BCUT2D eigenvalue weighted by atomic mass is 35.5. The number of ether oxygens (including phenoxy) is 2. The van der Waals surface area contributed by atoms with E-state index in [1.807, 2.05) is 37.3 Å². The standard InChI is InChI=1S/C18H24N2O3.ClH/c1-3-4-14-5-6-16(17(11-14)22-2)23-13-18(21)20-12-15-7-9-19-10-8-15;/h3-7,11,19H,8-10,12-13H2,1-2H3,(H,20,21);1H/b4-3+;. The van der Waals surface area contributed by atoms with Crippen molar-refractivity contribution in [2.24, 2.45) is 0 Å². The third kappa shape index (κ3) is 6.26. The number of hydrogen-bond donors (Lipinski definition) is 2. The summed E-state index contributed by atoms with van der Waals surface area (Å²) in [7, 11) is 1.59. The van der Waals surface area contributed by atoms with E-state index in [0.29, 0.717) is 18.0 Å². The minimum atomic E-state index is -0.135. The Kier molecular flexibility index (Phi) is 8.97. The van der Waals surface area contributed by atoms with Crippen molar-refractivity contribution in [2.45, 2.75) is 13.3 Å². The normalized spacial score (nSPS) is 13.8. The molecule has 0 radical (unpaired) electrons. The second-order valence-corrected chi connectivity index (χ2v) is 5.29. The van der Waals surface area contributed by atoms with Crippen molar-refractivity contribution in [3.63, 3.8) is 0 Å². The van der Waals surface area contributed by atoms with Crippen molar-refractivity contribution in [3.8, 4) is 11.5 Å². The van der Waals surface area contributed by atoms with E-state index in [2.05, 4.69) is 16.7 Å². The third-order valence-corrected chi connectivity index (χ3v) is 3.58. The lowest BCUT2D eigenvalue weighted by atomic mass is 10.1. The molecule has 1 aliphatic rings. The molecule has 1 aromatic rings. The molecule has 1 heterocycles. The van der Waals surface area contributed by atoms with E-state index in [1.165, 1.54) is 5.57 Å². The summed E-state index contributed by atoms with van der Waals surface area (Å²) in [6.45, 7) is 4.36. The molecule has 6 heteroatoms. The second-order valence-electron chi connectivity index (χ2n) is 5.29. The Labute approximate surface area is 149 Å². The van der Waals surface area contributed by atoms with Gasteiger partial charge in [-0.3, -0.25) is 4.79 Å². The van der Waals surface area contributed by atoms with Gasteiger partial charge in [0.1, 0.15) is 0 Å². The molecule has 0 bridgehead atoms. The molecular formula is C18H25ClN2O3. The molecular weight excluding hydrogens is 328 g/mol. The lowest BCUT2D eigenvalue weighted by Crippen LogP contribution is -2.32. The van der Waals surface area contributed by atoms with Crippen molar-refractivity contribution in [1.29, 1.82) is 0 Å². The maximum atomic E-state index is 11.9. The number of allylic oxidation sites excluding steroid dienone is 1. The highest BCUT2D eigenvalue weighted by Crippen LogP contribution is 2.28. The molecule has 0 fully saturated rings. The van der Waals surface area contributed by atoms with Gasteiger partial charge in [0, 0.05) is 13.1 Å². The number of methoxy groups -OCH3 is 1. The van der Waals surface area contributed by atoms with Crippen LogP contribution in [-0.2, 0) is 4.79 Å². The van der Waals surface area contributed by atoms with Gasteiger partial charge in [0.25, 0.3) is 5.91 Å². The van der Waals surface area contributed by atoms with Gasteiger partial charge in [-0.1, -0.05) is 29.9 Å². The van der Waals surface area contributed by atoms with Crippen LogP contribution in [0.15, 0.2) is 35.9 Å². The summed E-state index contributed by atoms with van der Waals surface area (Å²) in [4.78, 5) is 11.9. The SMILES string of the molecule is C/C=C/c1ccc(OCC(=O)NCC2=CCNCC2)c(OC)c1.Cl. The van der Waals surface area contributed by atoms with Crippen LogP contribution in [0.2, 0.25) is 0 Å². The molecule has 0 unspecified atom stereocenters. The quantitative estimate of drug-likeness (QED) is 0.740. The molecule has 0 saturated heterocycles. The van der Waals surface area contributed by atoms with Crippen LogP contribution in [0.5, 0.6) is 11.5 Å². The minimum Gasteiger partial charge on any atom is -0.493 e. The molecule has 24 heavy (non-hydrogen) atoms. The van der Waals surface area contributed by atoms with Gasteiger partial charge in [-0.25, -0.2) is 0 Å². The number of hydrogen-bond acceptors (Lipinski definition) is 4. The van der Waals surface area contributed by atoms with Gasteiger partial charge in [0.05, 0.1) is 7.11 Å². The Morgan fingerprint density at radius 1 is 1.38 bits per heavy atom. The molecule has 2 N–H and O–H groups in total. The van der Waals surface area contributed by atoms with Crippen LogP contribution in [0.3, 0.4) is 0 Å². The second kappa shape index (κ2) is 10.7. The van der Waals surface area contributed by atoms with Crippen molar-refractivity contribution in [3.05, 3.63) is 41.5 Å². The Hall–Kier alpha value is -1.98. The largest absolute Gasteiger partial charge is 0.493 e. The molecule has 2 rings (SSSR count). The Balaban J connectivity index is 0.00000288. The maximum absolute atomic E-state index is 11.9. The van der Waals surface area contributed by atoms with E-state index in [1.54, 1.807) is 7.11 Å². The van der Waals surface area contributed by atoms with Crippen molar-refractivity contribution in [2.75, 3.05) is 33.4 Å². The van der Waals surface area contributed by atoms with E-state index < -0.39 is 0 Å². The van der Waals surface area contributed by atoms with Crippen molar-refractivity contribution >= 4 is 24.4 Å². The van der Waals surface area contributed by atoms with E-state index in [9.17, 15) is 4.79 Å². The first kappa shape index (κ1) is 20.1. The predicted molar refractivity (Wildman–Crippen MR) is 99.0 cm³/mol. The summed E-state index contributed by atoms with van der Waals surface area (Å²) in [6.07, 6.45) is 7.03. The monoisotopic (exact) mass is 352 g/mol. The maximum Gasteiger partial charge on any atom is 0.258 e. The van der Waals surface area contributed by atoms with Crippen LogP contribution in [0.4, 0.5) is 0 Å². The number of nitrogens with one attached hydrogen (secondary N) is 2. The molecule has 1 amide bonds. The Bertz CT molecular complexity index is 600. The fourth-order valence-corrected chi connectivity index (χ4v) is 2.34. The van der Waals surface area contributed by atoms with Crippen LogP contribution in [0.1, 0.15) is 18.9 Å². The molecule has 0 spiro atoms. The van der Waals surface area contributed by atoms with Crippen molar-refractivity contribution < 1.29 is 14.3 Å².